The molecule has 6 heteroatoms. The average molecular weight is 218 g/mol. The van der Waals surface area contributed by atoms with E-state index in [0.29, 0.717) is 16.7 Å². The van der Waals surface area contributed by atoms with Crippen LogP contribution in [-0.2, 0) is 4.79 Å². The Morgan fingerprint density at radius 1 is 1.25 bits per heavy atom. The zero-order valence-corrected chi connectivity index (χ0v) is 8.87. The molecule has 0 saturated carbocycles. The molecule has 0 saturated heterocycles. The van der Waals surface area contributed by atoms with Gasteiger partial charge in [0, 0.05) is 14.1 Å². The Kier molecular flexibility index (Phi) is 2.34. The minimum absolute atomic E-state index is 0.285. The SMILES string of the molecule is CN(C)c1cc2[nH]c(=O)[nH]c2cc1N=C=O. The van der Waals surface area contributed by atoms with Crippen LogP contribution in [0.15, 0.2) is 21.9 Å². The third-order valence-corrected chi connectivity index (χ3v) is 2.26. The number of rotatable bonds is 2. The van der Waals surface area contributed by atoms with Gasteiger partial charge in [0.15, 0.2) is 0 Å². The third-order valence-electron chi connectivity index (χ3n) is 2.26. The minimum atomic E-state index is -0.285. The molecular weight excluding hydrogens is 208 g/mol. The molecular formula is C10H10N4O2. The van der Waals surface area contributed by atoms with E-state index in [1.54, 1.807) is 17.0 Å². The number of fused-ring (bicyclic) bond motifs is 1. The highest BCUT2D eigenvalue weighted by atomic mass is 16.1. The number of H-pyrrole nitrogens is 2. The van der Waals surface area contributed by atoms with Crippen molar-refractivity contribution in [2.75, 3.05) is 19.0 Å². The summed E-state index contributed by atoms with van der Waals surface area (Å²) >= 11 is 0. The van der Waals surface area contributed by atoms with Crippen LogP contribution < -0.4 is 10.6 Å². The molecule has 2 N–H and O–H groups in total. The second-order valence-electron chi connectivity index (χ2n) is 3.56. The van der Waals surface area contributed by atoms with Crippen LogP contribution >= 0.6 is 0 Å². The van der Waals surface area contributed by atoms with Gasteiger partial charge in [-0.1, -0.05) is 0 Å². The third kappa shape index (κ3) is 1.62. The lowest BCUT2D eigenvalue weighted by Crippen LogP contribution is -2.08. The Labute approximate surface area is 90.6 Å². The highest BCUT2D eigenvalue weighted by Crippen LogP contribution is 2.30. The summed E-state index contributed by atoms with van der Waals surface area (Å²) in [5.41, 5.74) is 2.23. The monoisotopic (exact) mass is 218 g/mol. The smallest absolute Gasteiger partial charge is 0.323 e. The first-order chi connectivity index (χ1) is 7.61. The van der Waals surface area contributed by atoms with Crippen molar-refractivity contribution in [3.8, 4) is 0 Å². The Balaban J connectivity index is 2.79. The molecule has 0 fully saturated rings. The first-order valence-corrected chi connectivity index (χ1v) is 4.63. The number of anilines is 1. The van der Waals surface area contributed by atoms with Gasteiger partial charge >= 0.3 is 5.69 Å². The van der Waals surface area contributed by atoms with E-state index in [1.165, 1.54) is 6.08 Å². The summed E-state index contributed by atoms with van der Waals surface area (Å²) in [6, 6.07) is 3.39. The van der Waals surface area contributed by atoms with Crippen molar-refractivity contribution in [3.05, 3.63) is 22.6 Å². The van der Waals surface area contributed by atoms with Gasteiger partial charge in [-0.15, -0.1) is 0 Å². The van der Waals surface area contributed by atoms with Gasteiger partial charge in [0.2, 0.25) is 6.08 Å². The molecule has 0 radical (unpaired) electrons. The van der Waals surface area contributed by atoms with E-state index < -0.39 is 0 Å². The van der Waals surface area contributed by atoms with Crippen molar-refractivity contribution >= 4 is 28.5 Å². The number of aliphatic imine (C=N–C) groups is 1. The average Bonchev–Trinajstić information content (AvgIpc) is 2.56. The van der Waals surface area contributed by atoms with E-state index in [0.717, 1.165) is 5.69 Å². The summed E-state index contributed by atoms with van der Waals surface area (Å²) in [6.45, 7) is 0. The number of aromatic nitrogens is 2. The standard InChI is InChI=1S/C10H10N4O2/c1-14(2)9-4-7-6(12-10(16)13-7)3-8(9)11-5-15/h3-4H,1-2H3,(H2,12,13,16). The van der Waals surface area contributed by atoms with Gasteiger partial charge in [0.1, 0.15) is 5.69 Å². The van der Waals surface area contributed by atoms with Crippen molar-refractivity contribution in [1.82, 2.24) is 9.97 Å². The van der Waals surface area contributed by atoms with Gasteiger partial charge < -0.3 is 14.9 Å². The van der Waals surface area contributed by atoms with Gasteiger partial charge in [-0.25, -0.2) is 9.59 Å². The molecule has 0 atom stereocenters. The number of isocyanates is 1. The molecule has 0 bridgehead atoms. The van der Waals surface area contributed by atoms with E-state index in [-0.39, 0.29) is 5.69 Å². The van der Waals surface area contributed by atoms with Crippen molar-refractivity contribution in [2.45, 2.75) is 0 Å². The van der Waals surface area contributed by atoms with E-state index in [2.05, 4.69) is 15.0 Å². The number of aromatic amines is 2. The van der Waals surface area contributed by atoms with Crippen LogP contribution in [-0.4, -0.2) is 30.1 Å². The summed E-state index contributed by atoms with van der Waals surface area (Å²) in [5, 5.41) is 0. The molecule has 6 nitrogen and oxygen atoms in total. The summed E-state index contributed by atoms with van der Waals surface area (Å²) in [5.74, 6) is 0. The topological polar surface area (TPSA) is 81.3 Å². The molecule has 16 heavy (non-hydrogen) atoms. The molecule has 0 aliphatic rings. The number of hydrogen-bond donors (Lipinski definition) is 2. The van der Waals surface area contributed by atoms with Crippen molar-refractivity contribution in [3.63, 3.8) is 0 Å². The van der Waals surface area contributed by atoms with Crippen LogP contribution in [0.4, 0.5) is 11.4 Å². The second-order valence-corrected chi connectivity index (χ2v) is 3.56. The number of hydrogen-bond acceptors (Lipinski definition) is 4. The van der Waals surface area contributed by atoms with Crippen LogP contribution in [0.2, 0.25) is 0 Å². The van der Waals surface area contributed by atoms with Gasteiger partial charge in [-0.3, -0.25) is 0 Å². The Morgan fingerprint density at radius 2 is 1.88 bits per heavy atom. The molecule has 0 aliphatic carbocycles. The van der Waals surface area contributed by atoms with E-state index in [4.69, 9.17) is 0 Å². The lowest BCUT2D eigenvalue weighted by atomic mass is 10.2. The highest BCUT2D eigenvalue weighted by molar-refractivity contribution is 5.87. The minimum Gasteiger partial charge on any atom is -0.376 e. The first-order valence-electron chi connectivity index (χ1n) is 4.63. The zero-order valence-electron chi connectivity index (χ0n) is 8.87. The molecule has 0 spiro atoms. The summed E-state index contributed by atoms with van der Waals surface area (Å²) < 4.78 is 0. The van der Waals surface area contributed by atoms with Crippen molar-refractivity contribution < 1.29 is 4.79 Å². The summed E-state index contributed by atoms with van der Waals surface area (Å²) in [6.07, 6.45) is 1.50. The summed E-state index contributed by atoms with van der Waals surface area (Å²) in [4.78, 5) is 32.1. The fourth-order valence-electron chi connectivity index (χ4n) is 1.56. The Morgan fingerprint density at radius 3 is 2.44 bits per heavy atom. The normalized spacial score (nSPS) is 10.1. The number of benzene rings is 1. The lowest BCUT2D eigenvalue weighted by Gasteiger charge is -2.14. The molecule has 1 aromatic carbocycles. The van der Waals surface area contributed by atoms with Gasteiger partial charge in [-0.05, 0) is 12.1 Å². The van der Waals surface area contributed by atoms with Crippen molar-refractivity contribution in [1.29, 1.82) is 0 Å². The van der Waals surface area contributed by atoms with E-state index in [1.807, 2.05) is 14.1 Å². The number of nitrogens with one attached hydrogen (secondary N) is 2. The molecule has 0 unspecified atom stereocenters. The van der Waals surface area contributed by atoms with Crippen LogP contribution in [0.5, 0.6) is 0 Å². The molecule has 2 aromatic rings. The van der Waals surface area contributed by atoms with Crippen molar-refractivity contribution in [2.24, 2.45) is 4.99 Å². The highest BCUT2D eigenvalue weighted by Gasteiger charge is 2.08. The summed E-state index contributed by atoms with van der Waals surface area (Å²) in [7, 11) is 3.66. The van der Waals surface area contributed by atoms with Gasteiger partial charge in [-0.2, -0.15) is 4.99 Å². The maximum atomic E-state index is 11.1. The van der Waals surface area contributed by atoms with E-state index >= 15 is 0 Å². The number of nitrogens with zero attached hydrogens (tertiary/aromatic N) is 2. The van der Waals surface area contributed by atoms with Crippen LogP contribution in [0.1, 0.15) is 0 Å². The fraction of sp³-hybridized carbons (Fsp3) is 0.200. The predicted molar refractivity (Wildman–Crippen MR) is 61.0 cm³/mol. The molecule has 0 amide bonds. The first kappa shape index (κ1) is 10.2. The second kappa shape index (κ2) is 3.67. The molecule has 1 heterocycles. The van der Waals surface area contributed by atoms with Crippen LogP contribution in [0.25, 0.3) is 11.0 Å². The number of imidazole rings is 1. The largest absolute Gasteiger partial charge is 0.376 e. The maximum Gasteiger partial charge on any atom is 0.323 e. The predicted octanol–water partition coefficient (Wildman–Crippen LogP) is 0.889. The van der Waals surface area contributed by atoms with Crippen LogP contribution in [0.3, 0.4) is 0 Å². The Bertz CT molecular complexity index is 632. The quantitative estimate of drug-likeness (QED) is 0.580. The van der Waals surface area contributed by atoms with Crippen LogP contribution in [0, 0.1) is 0 Å². The fourth-order valence-corrected chi connectivity index (χ4v) is 1.56. The van der Waals surface area contributed by atoms with Gasteiger partial charge in [0.25, 0.3) is 0 Å². The lowest BCUT2D eigenvalue weighted by molar-refractivity contribution is 0.565. The zero-order chi connectivity index (χ0) is 11.7. The number of carbonyl (C=O) groups excluding carboxylic acids is 1. The maximum absolute atomic E-state index is 11.1. The molecule has 0 aliphatic heterocycles. The Hall–Kier alpha value is -2.33. The van der Waals surface area contributed by atoms with E-state index in [9.17, 15) is 9.59 Å². The molecule has 2 rings (SSSR count). The molecule has 82 valence electrons. The molecule has 1 aromatic heterocycles. The van der Waals surface area contributed by atoms with Gasteiger partial charge in [0.05, 0.1) is 16.7 Å².